The number of rotatable bonds is 7. The fourth-order valence-electron chi connectivity index (χ4n) is 8.57. The lowest BCUT2D eigenvalue weighted by Crippen LogP contribution is -2.62. The van der Waals surface area contributed by atoms with Crippen molar-refractivity contribution < 1.29 is 15.1 Å². The molecule has 0 spiro atoms. The third kappa shape index (κ3) is 4.12. The molecule has 0 saturated heterocycles. The number of aliphatic hydroxyl groups is 2. The van der Waals surface area contributed by atoms with Gasteiger partial charge in [0.2, 0.25) is 0 Å². The predicted molar refractivity (Wildman–Crippen MR) is 124 cm³/mol. The molecule has 0 heterocycles. The Hall–Kier alpha value is -0.200. The van der Waals surface area contributed by atoms with Gasteiger partial charge in [0.15, 0.2) is 0 Å². The summed E-state index contributed by atoms with van der Waals surface area (Å²) in [6.07, 6.45) is 10.8. The van der Waals surface area contributed by atoms with E-state index in [1.54, 1.807) is 0 Å². The van der Waals surface area contributed by atoms with E-state index in [2.05, 4.69) is 39.9 Å². The molecule has 8 atom stereocenters. The third-order valence-electron chi connectivity index (χ3n) is 10.6. The Balaban J connectivity index is 1.42. The Bertz CT molecular complexity index is 630. The lowest BCUT2D eigenvalue weighted by molar-refractivity contribution is -0.218. The van der Waals surface area contributed by atoms with Gasteiger partial charge in [-0.3, -0.25) is 4.84 Å². The van der Waals surface area contributed by atoms with Gasteiger partial charge in [-0.25, -0.2) is 0 Å². The molecule has 0 aliphatic heterocycles. The van der Waals surface area contributed by atoms with Crippen LogP contribution in [0.5, 0.6) is 0 Å². The van der Waals surface area contributed by atoms with Crippen LogP contribution in [0.25, 0.3) is 0 Å². The van der Waals surface area contributed by atoms with Crippen LogP contribution in [0.1, 0.15) is 78.1 Å². The maximum Gasteiger partial charge on any atom is 0.0735 e. The van der Waals surface area contributed by atoms with Gasteiger partial charge in [0.05, 0.1) is 18.3 Å². The molecule has 4 aliphatic carbocycles. The van der Waals surface area contributed by atoms with Crippen molar-refractivity contribution in [2.45, 2.75) is 89.8 Å². The van der Waals surface area contributed by atoms with E-state index in [0.717, 1.165) is 71.1 Å². The smallest absolute Gasteiger partial charge is 0.0735 e. The van der Waals surface area contributed by atoms with Crippen molar-refractivity contribution in [2.24, 2.45) is 34.5 Å². The number of nitrogens with zero attached hydrogens (tertiary/aromatic N) is 2. The van der Waals surface area contributed by atoms with E-state index >= 15 is 0 Å². The molecule has 2 N–H and O–H groups in total. The lowest BCUT2D eigenvalue weighted by atomic mass is 9.43. The standard InChI is InChI=1S/C26H48N2O3/c1-24-12-10-21(29)17-19(24)7-8-23-22(24)11-13-25(2)20(9-14-26(23,25)30)18-28(5)31-16-6-15-27(3)4/h19-23,29-30H,6-18H2,1-5H3/t19?,20?,21?,22-,23-,24+,25-,26-/m1/s1. The molecule has 4 aliphatic rings. The van der Waals surface area contributed by atoms with Crippen LogP contribution in [0.15, 0.2) is 0 Å². The van der Waals surface area contributed by atoms with Crippen molar-refractivity contribution in [1.82, 2.24) is 9.96 Å². The number of hydrogen-bond acceptors (Lipinski definition) is 5. The average molecular weight is 437 g/mol. The van der Waals surface area contributed by atoms with Gasteiger partial charge in [0.1, 0.15) is 0 Å². The van der Waals surface area contributed by atoms with Gasteiger partial charge in [-0.2, -0.15) is 5.06 Å². The molecule has 180 valence electrons. The number of fused-ring (bicyclic) bond motifs is 5. The van der Waals surface area contributed by atoms with Crippen molar-refractivity contribution in [3.8, 4) is 0 Å². The maximum absolute atomic E-state index is 12.3. The Kier molecular flexibility index (Phi) is 6.85. The van der Waals surface area contributed by atoms with Gasteiger partial charge in [-0.05, 0) is 114 Å². The zero-order chi connectivity index (χ0) is 22.4. The summed E-state index contributed by atoms with van der Waals surface area (Å²) < 4.78 is 0. The summed E-state index contributed by atoms with van der Waals surface area (Å²) in [5.41, 5.74) is -0.229. The quantitative estimate of drug-likeness (QED) is 0.468. The van der Waals surface area contributed by atoms with E-state index in [1.165, 1.54) is 12.8 Å². The molecule has 4 rings (SSSR count). The highest BCUT2D eigenvalue weighted by Gasteiger charge is 2.67. The summed E-state index contributed by atoms with van der Waals surface area (Å²) in [4.78, 5) is 8.21. The summed E-state index contributed by atoms with van der Waals surface area (Å²) in [5, 5.41) is 24.6. The van der Waals surface area contributed by atoms with E-state index in [1.807, 2.05) is 5.06 Å². The zero-order valence-corrected chi connectivity index (χ0v) is 20.8. The molecule has 5 heteroatoms. The van der Waals surface area contributed by atoms with E-state index in [4.69, 9.17) is 4.84 Å². The lowest BCUT2D eigenvalue weighted by Gasteiger charge is -2.63. The van der Waals surface area contributed by atoms with Crippen LogP contribution in [-0.2, 0) is 4.84 Å². The summed E-state index contributed by atoms with van der Waals surface area (Å²) >= 11 is 0. The van der Waals surface area contributed by atoms with Crippen LogP contribution in [0, 0.1) is 34.5 Å². The second-order valence-corrected chi connectivity index (χ2v) is 12.3. The van der Waals surface area contributed by atoms with Crippen molar-refractivity contribution in [2.75, 3.05) is 40.8 Å². The van der Waals surface area contributed by atoms with Crippen LogP contribution in [0.2, 0.25) is 0 Å². The van der Waals surface area contributed by atoms with Crippen molar-refractivity contribution in [3.05, 3.63) is 0 Å². The summed E-state index contributed by atoms with van der Waals surface area (Å²) in [6, 6.07) is 0. The largest absolute Gasteiger partial charge is 0.393 e. The minimum absolute atomic E-state index is 0.00714. The molecule has 4 saturated carbocycles. The fraction of sp³-hybridized carbons (Fsp3) is 1.00. The third-order valence-corrected chi connectivity index (χ3v) is 10.6. The Morgan fingerprint density at radius 3 is 2.45 bits per heavy atom. The van der Waals surface area contributed by atoms with E-state index < -0.39 is 5.60 Å². The van der Waals surface area contributed by atoms with Crippen molar-refractivity contribution in [1.29, 1.82) is 0 Å². The molecule has 4 fully saturated rings. The van der Waals surface area contributed by atoms with Gasteiger partial charge in [-0.1, -0.05) is 13.8 Å². The molecule has 31 heavy (non-hydrogen) atoms. The SMILES string of the molecule is CN(C)CCCON(C)CC1CC[C@@]2(O)[C@@H]3CCC4CC(O)CC[C@]4(C)[C@@H]3CC[C@]12C. The van der Waals surface area contributed by atoms with Crippen molar-refractivity contribution in [3.63, 3.8) is 0 Å². The Morgan fingerprint density at radius 1 is 0.935 bits per heavy atom. The normalized spacial score (nSPS) is 47.3. The van der Waals surface area contributed by atoms with Gasteiger partial charge in [0, 0.05) is 19.0 Å². The monoisotopic (exact) mass is 436 g/mol. The minimum Gasteiger partial charge on any atom is -0.393 e. The van der Waals surface area contributed by atoms with Crippen LogP contribution in [0.3, 0.4) is 0 Å². The van der Waals surface area contributed by atoms with Gasteiger partial charge in [0.25, 0.3) is 0 Å². The number of hydrogen-bond donors (Lipinski definition) is 2. The first-order chi connectivity index (χ1) is 14.6. The molecule has 0 radical (unpaired) electrons. The van der Waals surface area contributed by atoms with Crippen LogP contribution >= 0.6 is 0 Å². The summed E-state index contributed by atoms with van der Waals surface area (Å²) in [5.74, 6) is 2.19. The highest BCUT2D eigenvalue weighted by Crippen LogP contribution is 2.69. The first-order valence-corrected chi connectivity index (χ1v) is 13.0. The predicted octanol–water partition coefficient (Wildman–Crippen LogP) is 3.94. The van der Waals surface area contributed by atoms with Crippen LogP contribution in [0.4, 0.5) is 0 Å². The molecule has 0 aromatic carbocycles. The van der Waals surface area contributed by atoms with Crippen molar-refractivity contribution >= 4 is 0 Å². The second-order valence-electron chi connectivity index (χ2n) is 12.3. The van der Waals surface area contributed by atoms with Gasteiger partial charge in [-0.15, -0.1) is 0 Å². The number of hydroxylamine groups is 2. The minimum atomic E-state index is -0.531. The average Bonchev–Trinajstić information content (AvgIpc) is 2.97. The molecule has 0 amide bonds. The maximum atomic E-state index is 12.3. The highest BCUT2D eigenvalue weighted by molar-refractivity contribution is 5.16. The van der Waals surface area contributed by atoms with E-state index in [0.29, 0.717) is 29.1 Å². The molecular weight excluding hydrogens is 388 g/mol. The van der Waals surface area contributed by atoms with Crippen LogP contribution < -0.4 is 0 Å². The van der Waals surface area contributed by atoms with E-state index in [9.17, 15) is 10.2 Å². The van der Waals surface area contributed by atoms with E-state index in [-0.39, 0.29) is 11.5 Å². The molecule has 0 aromatic rings. The molecule has 3 unspecified atom stereocenters. The number of aliphatic hydroxyl groups excluding tert-OH is 1. The molecular formula is C26H48N2O3. The van der Waals surface area contributed by atoms with Gasteiger partial charge < -0.3 is 15.1 Å². The Labute approximate surface area is 190 Å². The summed E-state index contributed by atoms with van der Waals surface area (Å²) in [7, 11) is 6.27. The molecule has 0 bridgehead atoms. The highest BCUT2D eigenvalue weighted by atomic mass is 16.7. The molecule has 5 nitrogen and oxygen atoms in total. The second kappa shape index (κ2) is 8.87. The topological polar surface area (TPSA) is 56.2 Å². The summed E-state index contributed by atoms with van der Waals surface area (Å²) in [6.45, 7) is 7.62. The first-order valence-electron chi connectivity index (χ1n) is 13.0. The zero-order valence-electron chi connectivity index (χ0n) is 20.8. The fourth-order valence-corrected chi connectivity index (χ4v) is 8.57. The molecule has 0 aromatic heterocycles. The van der Waals surface area contributed by atoms with Gasteiger partial charge >= 0.3 is 0 Å². The first kappa shape index (κ1) is 23.9. The van der Waals surface area contributed by atoms with Crippen LogP contribution in [-0.4, -0.2) is 72.7 Å². The Morgan fingerprint density at radius 2 is 1.71 bits per heavy atom.